The van der Waals surface area contributed by atoms with Crippen LogP contribution in [-0.4, -0.2) is 16.2 Å². The van der Waals surface area contributed by atoms with E-state index in [-0.39, 0.29) is 6.61 Å². The second-order valence-electron chi connectivity index (χ2n) is 4.60. The van der Waals surface area contributed by atoms with E-state index in [1.54, 1.807) is 36.4 Å². The quantitative estimate of drug-likeness (QED) is 0.826. The van der Waals surface area contributed by atoms with Crippen molar-refractivity contribution in [3.63, 3.8) is 0 Å². The van der Waals surface area contributed by atoms with E-state index in [1.165, 1.54) is 6.08 Å². The first-order valence-corrected chi connectivity index (χ1v) is 6.48. The number of aliphatic hydroxyl groups is 1. The fraction of sp³-hybridized carbons (Fsp3) is 0.118. The van der Waals surface area contributed by atoms with Gasteiger partial charge in [0, 0.05) is 6.08 Å². The van der Waals surface area contributed by atoms with Gasteiger partial charge in [0.1, 0.15) is 11.5 Å². The summed E-state index contributed by atoms with van der Waals surface area (Å²) in [6, 6.07) is 12.6. The third kappa shape index (κ3) is 4.19. The number of hydrogen-bond acceptors (Lipinski definition) is 3. The number of aliphatic carboxylic acids is 1. The molecule has 2 rings (SSSR count). The number of benzene rings is 2. The predicted octanol–water partition coefficient (Wildman–Crippen LogP) is 3.38. The summed E-state index contributed by atoms with van der Waals surface area (Å²) in [6.45, 7) is 1.90. The van der Waals surface area contributed by atoms with Gasteiger partial charge in [-0.3, -0.25) is 0 Å². The van der Waals surface area contributed by atoms with Crippen molar-refractivity contribution in [3.8, 4) is 11.5 Å². The molecular weight excluding hydrogens is 268 g/mol. The Morgan fingerprint density at radius 2 is 1.90 bits per heavy atom. The van der Waals surface area contributed by atoms with Crippen LogP contribution in [0, 0.1) is 6.92 Å². The zero-order valence-electron chi connectivity index (χ0n) is 11.6. The van der Waals surface area contributed by atoms with Gasteiger partial charge < -0.3 is 14.9 Å². The molecule has 108 valence electrons. The van der Waals surface area contributed by atoms with Crippen molar-refractivity contribution in [1.82, 2.24) is 0 Å². The fourth-order valence-electron chi connectivity index (χ4n) is 1.85. The number of carboxylic acid groups (broad SMARTS) is 1. The molecule has 21 heavy (non-hydrogen) atoms. The predicted molar refractivity (Wildman–Crippen MR) is 80.3 cm³/mol. The highest BCUT2D eigenvalue weighted by atomic mass is 16.5. The Labute approximate surface area is 122 Å². The molecule has 0 aliphatic rings. The summed E-state index contributed by atoms with van der Waals surface area (Å²) < 4.78 is 5.77. The summed E-state index contributed by atoms with van der Waals surface area (Å²) in [6.07, 6.45) is 2.64. The van der Waals surface area contributed by atoms with Crippen molar-refractivity contribution in [1.29, 1.82) is 0 Å². The molecule has 0 fully saturated rings. The molecule has 0 atom stereocenters. The summed E-state index contributed by atoms with van der Waals surface area (Å²) in [7, 11) is 0. The minimum Gasteiger partial charge on any atom is -0.478 e. The van der Waals surface area contributed by atoms with Gasteiger partial charge in [0.15, 0.2) is 0 Å². The highest BCUT2D eigenvalue weighted by molar-refractivity contribution is 5.85. The average molecular weight is 284 g/mol. The van der Waals surface area contributed by atoms with Crippen molar-refractivity contribution in [2.75, 3.05) is 0 Å². The number of carbonyl (C=O) groups is 1. The number of aryl methyl sites for hydroxylation is 1. The summed E-state index contributed by atoms with van der Waals surface area (Å²) >= 11 is 0. The Morgan fingerprint density at radius 3 is 2.48 bits per heavy atom. The maximum Gasteiger partial charge on any atom is 0.328 e. The van der Waals surface area contributed by atoms with Crippen molar-refractivity contribution >= 4 is 12.0 Å². The van der Waals surface area contributed by atoms with Crippen LogP contribution in [0.3, 0.4) is 0 Å². The van der Waals surface area contributed by atoms with Gasteiger partial charge in [-0.05, 0) is 54.0 Å². The number of carboxylic acids is 1. The first-order valence-electron chi connectivity index (χ1n) is 6.48. The molecule has 0 saturated heterocycles. The molecule has 2 aromatic carbocycles. The van der Waals surface area contributed by atoms with E-state index in [9.17, 15) is 4.79 Å². The number of rotatable bonds is 5. The topological polar surface area (TPSA) is 66.8 Å². The Morgan fingerprint density at radius 1 is 1.19 bits per heavy atom. The lowest BCUT2D eigenvalue weighted by atomic mass is 10.1. The van der Waals surface area contributed by atoms with Gasteiger partial charge in [-0.25, -0.2) is 4.79 Å². The molecule has 4 heteroatoms. The molecule has 2 aromatic rings. The third-order valence-corrected chi connectivity index (χ3v) is 2.95. The van der Waals surface area contributed by atoms with Gasteiger partial charge >= 0.3 is 5.97 Å². The minimum atomic E-state index is -0.975. The molecule has 0 spiro atoms. The van der Waals surface area contributed by atoms with Gasteiger partial charge in [0.25, 0.3) is 0 Å². The number of aliphatic hydroxyl groups excluding tert-OH is 1. The summed E-state index contributed by atoms with van der Waals surface area (Å²) in [4.78, 5) is 10.5. The van der Waals surface area contributed by atoms with Crippen molar-refractivity contribution in [2.45, 2.75) is 13.5 Å². The Hall–Kier alpha value is -2.59. The largest absolute Gasteiger partial charge is 0.478 e. The van der Waals surface area contributed by atoms with Crippen molar-refractivity contribution < 1.29 is 19.7 Å². The highest BCUT2D eigenvalue weighted by Crippen LogP contribution is 2.26. The molecule has 4 nitrogen and oxygen atoms in total. The van der Waals surface area contributed by atoms with Crippen LogP contribution in [0.2, 0.25) is 0 Å². The third-order valence-electron chi connectivity index (χ3n) is 2.95. The van der Waals surface area contributed by atoms with Gasteiger partial charge in [0.2, 0.25) is 0 Å². The molecule has 0 saturated carbocycles. The summed E-state index contributed by atoms with van der Waals surface area (Å²) in [5.74, 6) is 0.417. The van der Waals surface area contributed by atoms with Gasteiger partial charge in [-0.1, -0.05) is 18.2 Å². The monoisotopic (exact) mass is 284 g/mol. The van der Waals surface area contributed by atoms with Crippen LogP contribution in [0.15, 0.2) is 48.5 Å². The summed E-state index contributed by atoms with van der Waals surface area (Å²) in [5.41, 5.74) is 2.54. The van der Waals surface area contributed by atoms with Crippen LogP contribution in [0.25, 0.3) is 6.08 Å². The second-order valence-corrected chi connectivity index (χ2v) is 4.60. The lowest BCUT2D eigenvalue weighted by molar-refractivity contribution is -0.131. The smallest absolute Gasteiger partial charge is 0.328 e. The maximum atomic E-state index is 10.5. The Bertz CT molecular complexity index is 657. The van der Waals surface area contributed by atoms with Crippen LogP contribution in [0.4, 0.5) is 0 Å². The zero-order chi connectivity index (χ0) is 15.2. The van der Waals surface area contributed by atoms with Crippen LogP contribution in [-0.2, 0) is 11.4 Å². The lowest BCUT2D eigenvalue weighted by Crippen LogP contribution is -1.90. The molecule has 0 radical (unpaired) electrons. The van der Waals surface area contributed by atoms with Gasteiger partial charge in [-0.2, -0.15) is 0 Å². The van der Waals surface area contributed by atoms with E-state index in [2.05, 4.69) is 0 Å². The minimum absolute atomic E-state index is 0.00389. The van der Waals surface area contributed by atoms with Gasteiger partial charge in [0.05, 0.1) is 6.61 Å². The summed E-state index contributed by atoms with van der Waals surface area (Å²) in [5, 5.41) is 17.6. The van der Waals surface area contributed by atoms with E-state index in [0.29, 0.717) is 11.5 Å². The second kappa shape index (κ2) is 6.72. The molecular formula is C17H16O4. The first-order chi connectivity index (χ1) is 10.1. The molecule has 0 aliphatic carbocycles. The standard InChI is InChI=1S/C17H16O4/c1-12-10-13(5-9-17(19)20)4-8-16(12)21-15-6-2-14(11-18)3-7-15/h2-10,18H,11H2,1H3,(H,19,20). The number of ether oxygens (including phenoxy) is 1. The molecule has 0 aliphatic heterocycles. The normalized spacial score (nSPS) is 10.8. The van der Waals surface area contributed by atoms with Gasteiger partial charge in [-0.15, -0.1) is 0 Å². The SMILES string of the molecule is Cc1cc(C=CC(=O)O)ccc1Oc1ccc(CO)cc1. The fourth-order valence-corrected chi connectivity index (χ4v) is 1.85. The lowest BCUT2D eigenvalue weighted by Gasteiger charge is -2.09. The number of hydrogen-bond donors (Lipinski definition) is 2. The van der Waals surface area contributed by atoms with Crippen molar-refractivity contribution in [3.05, 3.63) is 65.2 Å². The Balaban J connectivity index is 2.14. The van der Waals surface area contributed by atoms with E-state index >= 15 is 0 Å². The molecule has 0 unspecified atom stereocenters. The first kappa shape index (κ1) is 14.8. The van der Waals surface area contributed by atoms with Crippen LogP contribution >= 0.6 is 0 Å². The highest BCUT2D eigenvalue weighted by Gasteiger charge is 2.02. The van der Waals surface area contributed by atoms with Crippen LogP contribution in [0.1, 0.15) is 16.7 Å². The van der Waals surface area contributed by atoms with Crippen molar-refractivity contribution in [2.24, 2.45) is 0 Å². The Kier molecular flexibility index (Phi) is 4.74. The zero-order valence-corrected chi connectivity index (χ0v) is 11.6. The van der Waals surface area contributed by atoms with Crippen LogP contribution in [0.5, 0.6) is 11.5 Å². The molecule has 0 amide bonds. The molecule has 0 aromatic heterocycles. The van der Waals surface area contributed by atoms with E-state index in [0.717, 1.165) is 22.8 Å². The maximum absolute atomic E-state index is 10.5. The molecule has 0 bridgehead atoms. The molecule has 2 N–H and O–H groups in total. The molecule has 0 heterocycles. The van der Waals surface area contributed by atoms with Crippen LogP contribution < -0.4 is 4.74 Å². The average Bonchev–Trinajstić information content (AvgIpc) is 2.48. The van der Waals surface area contributed by atoms with E-state index in [1.807, 2.05) is 13.0 Å². The van der Waals surface area contributed by atoms with E-state index in [4.69, 9.17) is 14.9 Å². The van der Waals surface area contributed by atoms with E-state index < -0.39 is 5.97 Å².